The molecule has 2 saturated heterocycles. The van der Waals surface area contributed by atoms with Crippen LogP contribution in [0.2, 0.25) is 0 Å². The van der Waals surface area contributed by atoms with Crippen molar-refractivity contribution in [2.75, 3.05) is 32.8 Å². The third-order valence-electron chi connectivity index (χ3n) is 5.88. The Morgan fingerprint density at radius 2 is 1.97 bits per heavy atom. The number of hydrogen-bond donors (Lipinski definition) is 3. The number of nitrogens with zero attached hydrogens (tertiary/aromatic N) is 3. The number of carbonyl (C=O) groups is 1. The van der Waals surface area contributed by atoms with Crippen molar-refractivity contribution in [3.05, 3.63) is 54.6 Å². The maximum absolute atomic E-state index is 11.4. The van der Waals surface area contributed by atoms with Gasteiger partial charge in [-0.15, -0.1) is 0 Å². The van der Waals surface area contributed by atoms with E-state index >= 15 is 0 Å². The SMILES string of the molecule is Cc1ncc(-c2c(OCC(O)CN3CC4(CNC(=O)N4)C3)ccc3ccccc23)cn1. The number of urea groups is 1. The van der Waals surface area contributed by atoms with Crippen molar-refractivity contribution in [1.29, 1.82) is 0 Å². The van der Waals surface area contributed by atoms with Crippen LogP contribution in [0, 0.1) is 6.92 Å². The average molecular weight is 419 g/mol. The van der Waals surface area contributed by atoms with Gasteiger partial charge in [0, 0.05) is 49.7 Å². The van der Waals surface area contributed by atoms with Crippen molar-refractivity contribution in [3.63, 3.8) is 0 Å². The van der Waals surface area contributed by atoms with E-state index in [2.05, 4.69) is 37.6 Å². The van der Waals surface area contributed by atoms with Gasteiger partial charge < -0.3 is 20.5 Å². The van der Waals surface area contributed by atoms with Crippen molar-refractivity contribution in [3.8, 4) is 16.9 Å². The Kier molecular flexibility index (Phi) is 4.95. The molecule has 2 amide bonds. The van der Waals surface area contributed by atoms with Gasteiger partial charge in [-0.1, -0.05) is 30.3 Å². The molecule has 31 heavy (non-hydrogen) atoms. The van der Waals surface area contributed by atoms with Crippen LogP contribution in [-0.4, -0.2) is 70.4 Å². The quantitative estimate of drug-likeness (QED) is 0.563. The Morgan fingerprint density at radius 1 is 1.19 bits per heavy atom. The first-order valence-corrected chi connectivity index (χ1v) is 10.4. The van der Waals surface area contributed by atoms with Crippen LogP contribution >= 0.6 is 0 Å². The number of β-amino-alcohol motifs (C(OH)–C–C–N with tert-alkyl or cyclic N) is 1. The lowest BCUT2D eigenvalue weighted by atomic mass is 9.91. The number of nitrogens with one attached hydrogen (secondary N) is 2. The Morgan fingerprint density at radius 3 is 2.71 bits per heavy atom. The number of fused-ring (bicyclic) bond motifs is 1. The number of aliphatic hydroxyl groups is 1. The molecular weight excluding hydrogens is 394 g/mol. The molecule has 1 spiro atoms. The topological polar surface area (TPSA) is 99.6 Å². The molecule has 5 rings (SSSR count). The maximum atomic E-state index is 11.4. The van der Waals surface area contributed by atoms with Gasteiger partial charge in [0.25, 0.3) is 0 Å². The van der Waals surface area contributed by atoms with Crippen LogP contribution in [0.1, 0.15) is 5.82 Å². The van der Waals surface area contributed by atoms with Crippen molar-refractivity contribution >= 4 is 16.8 Å². The molecule has 160 valence electrons. The Balaban J connectivity index is 1.29. The molecule has 1 aromatic heterocycles. The summed E-state index contributed by atoms with van der Waals surface area (Å²) in [4.78, 5) is 22.2. The monoisotopic (exact) mass is 419 g/mol. The fourth-order valence-corrected chi connectivity index (χ4v) is 4.44. The third-order valence-corrected chi connectivity index (χ3v) is 5.88. The van der Waals surface area contributed by atoms with Gasteiger partial charge in [0.15, 0.2) is 0 Å². The summed E-state index contributed by atoms with van der Waals surface area (Å²) < 4.78 is 6.08. The molecule has 2 aliphatic rings. The highest BCUT2D eigenvalue weighted by Crippen LogP contribution is 2.36. The molecule has 1 unspecified atom stereocenters. The minimum Gasteiger partial charge on any atom is -0.490 e. The number of rotatable bonds is 6. The molecule has 3 N–H and O–H groups in total. The molecule has 8 nitrogen and oxygen atoms in total. The summed E-state index contributed by atoms with van der Waals surface area (Å²) in [5.41, 5.74) is 1.61. The first-order valence-electron chi connectivity index (χ1n) is 10.4. The second kappa shape index (κ2) is 7.79. The second-order valence-electron chi connectivity index (χ2n) is 8.40. The smallest absolute Gasteiger partial charge is 0.315 e. The number of likely N-dealkylation sites (tertiary alicyclic amines) is 1. The van der Waals surface area contributed by atoms with Gasteiger partial charge >= 0.3 is 6.03 Å². The van der Waals surface area contributed by atoms with Gasteiger partial charge in [-0.2, -0.15) is 0 Å². The summed E-state index contributed by atoms with van der Waals surface area (Å²) in [7, 11) is 0. The van der Waals surface area contributed by atoms with Crippen molar-refractivity contribution in [2.45, 2.75) is 18.6 Å². The molecule has 2 aromatic carbocycles. The fraction of sp³-hybridized carbons (Fsp3) is 0.348. The number of hydrogen-bond acceptors (Lipinski definition) is 6. The molecule has 0 radical (unpaired) electrons. The highest BCUT2D eigenvalue weighted by Gasteiger charge is 2.47. The normalized spacial score (nSPS) is 18.5. The number of aromatic nitrogens is 2. The Labute approximate surface area is 180 Å². The van der Waals surface area contributed by atoms with Crippen LogP contribution in [0.3, 0.4) is 0 Å². The molecular formula is C23H25N5O3. The molecule has 2 fully saturated rings. The summed E-state index contributed by atoms with van der Waals surface area (Å²) in [5, 5.41) is 18.5. The first kappa shape index (κ1) is 19.7. The standard InChI is InChI=1S/C23H25N5O3/c1-15-24-8-17(9-25-15)21-19-5-3-2-4-16(19)6-7-20(21)31-11-18(29)10-28-13-23(14-28)12-26-22(30)27-23/h2-9,18,29H,10-14H2,1H3,(H2,26,27,30). The van der Waals surface area contributed by atoms with Crippen LogP contribution in [0.25, 0.3) is 21.9 Å². The molecule has 0 saturated carbocycles. The van der Waals surface area contributed by atoms with E-state index in [1.807, 2.05) is 31.2 Å². The molecule has 1 atom stereocenters. The number of benzene rings is 2. The molecule has 0 aliphatic carbocycles. The average Bonchev–Trinajstić information content (AvgIpc) is 3.14. The van der Waals surface area contributed by atoms with Crippen LogP contribution in [-0.2, 0) is 0 Å². The summed E-state index contributed by atoms with van der Waals surface area (Å²) in [6.45, 7) is 4.61. The minimum absolute atomic E-state index is 0.118. The van der Waals surface area contributed by atoms with Crippen LogP contribution in [0.4, 0.5) is 4.79 Å². The van der Waals surface area contributed by atoms with Crippen molar-refractivity contribution in [2.24, 2.45) is 0 Å². The van der Waals surface area contributed by atoms with E-state index in [9.17, 15) is 9.90 Å². The van der Waals surface area contributed by atoms with Gasteiger partial charge in [-0.05, 0) is 23.8 Å². The zero-order valence-corrected chi connectivity index (χ0v) is 17.3. The summed E-state index contributed by atoms with van der Waals surface area (Å²) >= 11 is 0. The third kappa shape index (κ3) is 3.92. The lowest BCUT2D eigenvalue weighted by Gasteiger charge is -2.47. The zero-order chi connectivity index (χ0) is 21.4. The van der Waals surface area contributed by atoms with E-state index in [0.717, 1.165) is 35.0 Å². The molecule has 0 bridgehead atoms. The second-order valence-corrected chi connectivity index (χ2v) is 8.40. The Bertz CT molecular complexity index is 1110. The number of amides is 2. The summed E-state index contributed by atoms with van der Waals surface area (Å²) in [6.07, 6.45) is 2.96. The summed E-state index contributed by atoms with van der Waals surface area (Å²) in [6, 6.07) is 11.9. The fourth-order valence-electron chi connectivity index (χ4n) is 4.44. The molecule has 3 aromatic rings. The van der Waals surface area contributed by atoms with E-state index in [-0.39, 0.29) is 18.2 Å². The highest BCUT2D eigenvalue weighted by atomic mass is 16.5. The zero-order valence-electron chi connectivity index (χ0n) is 17.3. The summed E-state index contributed by atoms with van der Waals surface area (Å²) in [5.74, 6) is 1.40. The number of ether oxygens (including phenoxy) is 1. The molecule has 8 heteroatoms. The number of aliphatic hydroxyl groups excluding tert-OH is 1. The maximum Gasteiger partial charge on any atom is 0.315 e. The van der Waals surface area contributed by atoms with E-state index < -0.39 is 6.10 Å². The molecule has 2 aliphatic heterocycles. The largest absolute Gasteiger partial charge is 0.490 e. The van der Waals surface area contributed by atoms with Gasteiger partial charge in [0.2, 0.25) is 0 Å². The van der Waals surface area contributed by atoms with Crippen LogP contribution in [0.15, 0.2) is 48.8 Å². The van der Waals surface area contributed by atoms with Crippen molar-refractivity contribution in [1.82, 2.24) is 25.5 Å². The van der Waals surface area contributed by atoms with Gasteiger partial charge in [-0.25, -0.2) is 14.8 Å². The predicted octanol–water partition coefficient (Wildman–Crippen LogP) is 1.71. The van der Waals surface area contributed by atoms with E-state index in [1.54, 1.807) is 12.4 Å². The van der Waals surface area contributed by atoms with E-state index in [0.29, 0.717) is 24.7 Å². The van der Waals surface area contributed by atoms with E-state index in [4.69, 9.17) is 4.74 Å². The van der Waals surface area contributed by atoms with Crippen molar-refractivity contribution < 1.29 is 14.6 Å². The molecule has 3 heterocycles. The number of aryl methyl sites for hydroxylation is 1. The highest BCUT2D eigenvalue weighted by molar-refractivity contribution is 5.99. The van der Waals surface area contributed by atoms with Crippen LogP contribution in [0.5, 0.6) is 5.75 Å². The van der Waals surface area contributed by atoms with Gasteiger partial charge in [-0.3, -0.25) is 4.90 Å². The Hall–Kier alpha value is -3.23. The lowest BCUT2D eigenvalue weighted by molar-refractivity contribution is 0.00550. The number of carbonyl (C=O) groups excluding carboxylic acids is 1. The van der Waals surface area contributed by atoms with Gasteiger partial charge in [0.05, 0.1) is 5.54 Å². The minimum atomic E-state index is -0.643. The lowest BCUT2D eigenvalue weighted by Crippen LogP contribution is -2.69. The van der Waals surface area contributed by atoms with Gasteiger partial charge in [0.1, 0.15) is 24.3 Å². The predicted molar refractivity (Wildman–Crippen MR) is 117 cm³/mol. The first-order chi connectivity index (χ1) is 15.0. The van der Waals surface area contributed by atoms with E-state index in [1.165, 1.54) is 0 Å². The van der Waals surface area contributed by atoms with Crippen LogP contribution < -0.4 is 15.4 Å².